The summed E-state index contributed by atoms with van der Waals surface area (Å²) < 4.78 is 16.5. The highest BCUT2D eigenvalue weighted by Crippen LogP contribution is 2.31. The van der Waals surface area contributed by atoms with E-state index in [1.54, 1.807) is 0 Å². The molecule has 0 heterocycles. The maximum absolute atomic E-state index is 5.97. The number of anilines is 1. The number of para-hydroxylation sites is 1. The minimum Gasteiger partial charge on any atom is -0.491 e. The highest BCUT2D eigenvalue weighted by Gasteiger charge is 2.06. The van der Waals surface area contributed by atoms with Crippen LogP contribution in [0.25, 0.3) is 0 Å². The van der Waals surface area contributed by atoms with E-state index in [1.807, 2.05) is 18.2 Å². The zero-order chi connectivity index (χ0) is 13.2. The fourth-order valence-corrected chi connectivity index (χ4v) is 1.44. The Morgan fingerprint density at radius 2 is 1.50 bits per heavy atom. The van der Waals surface area contributed by atoms with Crippen molar-refractivity contribution in [3.05, 3.63) is 18.2 Å². The van der Waals surface area contributed by atoms with Gasteiger partial charge in [0.2, 0.25) is 0 Å². The normalized spacial score (nSPS) is 10.3. The van der Waals surface area contributed by atoms with Crippen LogP contribution in [0.3, 0.4) is 0 Å². The van der Waals surface area contributed by atoms with Gasteiger partial charge in [0.05, 0.1) is 13.2 Å². The van der Waals surface area contributed by atoms with Gasteiger partial charge in [-0.2, -0.15) is 0 Å². The van der Waals surface area contributed by atoms with Crippen LogP contribution < -0.4 is 15.2 Å². The van der Waals surface area contributed by atoms with E-state index in [-0.39, 0.29) is 0 Å². The number of ether oxygens (including phenoxy) is 3. The number of hydrogen-bond donors (Lipinski definition) is 1. The van der Waals surface area contributed by atoms with Gasteiger partial charge in [-0.15, -0.1) is 0 Å². The quantitative estimate of drug-likeness (QED) is 0.543. The average Bonchev–Trinajstić information content (AvgIpc) is 2.39. The number of hydrogen-bond acceptors (Lipinski definition) is 4. The molecule has 0 unspecified atom stereocenters. The molecule has 0 saturated heterocycles. The molecule has 4 heteroatoms. The molecule has 1 aromatic rings. The summed E-state index contributed by atoms with van der Waals surface area (Å²) in [6.07, 6.45) is 1.97. The standard InChI is InChI=1S/C14H23NO3/c1-3-8-16-10-11-18-13-7-5-6-12(14(13)15)17-9-4-2/h5-7H,3-4,8-11,15H2,1-2H3. The first-order valence-electron chi connectivity index (χ1n) is 6.51. The molecular formula is C14H23NO3. The maximum atomic E-state index is 5.97. The third-order valence-electron chi connectivity index (χ3n) is 2.32. The molecule has 2 N–H and O–H groups in total. The predicted molar refractivity (Wildman–Crippen MR) is 73.2 cm³/mol. The monoisotopic (exact) mass is 253 g/mol. The van der Waals surface area contributed by atoms with E-state index in [0.717, 1.165) is 19.4 Å². The largest absolute Gasteiger partial charge is 0.491 e. The van der Waals surface area contributed by atoms with Crippen molar-refractivity contribution in [3.8, 4) is 11.5 Å². The highest BCUT2D eigenvalue weighted by atomic mass is 16.5. The summed E-state index contributed by atoms with van der Waals surface area (Å²) in [7, 11) is 0. The average molecular weight is 253 g/mol. The highest BCUT2D eigenvalue weighted by molar-refractivity contribution is 5.62. The Balaban J connectivity index is 2.44. The summed E-state index contributed by atoms with van der Waals surface area (Å²) in [6.45, 7) is 6.63. The lowest BCUT2D eigenvalue weighted by atomic mass is 10.2. The molecule has 0 radical (unpaired) electrons. The molecule has 4 nitrogen and oxygen atoms in total. The molecule has 0 aromatic heterocycles. The summed E-state index contributed by atoms with van der Waals surface area (Å²) in [5.41, 5.74) is 6.53. The predicted octanol–water partition coefficient (Wildman–Crippen LogP) is 2.86. The second-order valence-corrected chi connectivity index (χ2v) is 3.98. The number of nitrogen functional groups attached to an aromatic ring is 1. The smallest absolute Gasteiger partial charge is 0.146 e. The minimum atomic E-state index is 0.501. The van der Waals surface area contributed by atoms with Crippen LogP contribution in [0.5, 0.6) is 11.5 Å². The first-order chi connectivity index (χ1) is 8.79. The van der Waals surface area contributed by atoms with Gasteiger partial charge in [0.25, 0.3) is 0 Å². The molecular weight excluding hydrogens is 230 g/mol. The van der Waals surface area contributed by atoms with E-state index < -0.39 is 0 Å². The Morgan fingerprint density at radius 1 is 0.889 bits per heavy atom. The van der Waals surface area contributed by atoms with Crippen LogP contribution in [-0.4, -0.2) is 26.4 Å². The molecule has 1 rings (SSSR count). The Kier molecular flexibility index (Phi) is 7.03. The zero-order valence-electron chi connectivity index (χ0n) is 11.3. The molecule has 18 heavy (non-hydrogen) atoms. The molecule has 0 aliphatic heterocycles. The summed E-state index contributed by atoms with van der Waals surface area (Å²) in [4.78, 5) is 0. The first kappa shape index (κ1) is 14.6. The van der Waals surface area contributed by atoms with Crippen molar-refractivity contribution in [3.63, 3.8) is 0 Å². The Labute approximate surface area is 109 Å². The molecule has 0 aliphatic carbocycles. The van der Waals surface area contributed by atoms with Crippen LogP contribution in [-0.2, 0) is 4.74 Å². The number of benzene rings is 1. The van der Waals surface area contributed by atoms with Crippen molar-refractivity contribution in [1.29, 1.82) is 0 Å². The van der Waals surface area contributed by atoms with E-state index >= 15 is 0 Å². The zero-order valence-corrected chi connectivity index (χ0v) is 11.3. The molecule has 0 spiro atoms. The Bertz CT molecular complexity index is 342. The van der Waals surface area contributed by atoms with Gasteiger partial charge in [-0.05, 0) is 25.0 Å². The van der Waals surface area contributed by atoms with Gasteiger partial charge in [0, 0.05) is 6.61 Å². The number of rotatable bonds is 9. The minimum absolute atomic E-state index is 0.501. The summed E-state index contributed by atoms with van der Waals surface area (Å²) in [6, 6.07) is 5.57. The van der Waals surface area contributed by atoms with Crippen molar-refractivity contribution < 1.29 is 14.2 Å². The van der Waals surface area contributed by atoms with Crippen LogP contribution in [0.2, 0.25) is 0 Å². The molecule has 1 aromatic carbocycles. The second kappa shape index (κ2) is 8.64. The van der Waals surface area contributed by atoms with E-state index in [1.165, 1.54) is 0 Å². The van der Waals surface area contributed by atoms with Gasteiger partial charge < -0.3 is 19.9 Å². The Morgan fingerprint density at radius 3 is 2.11 bits per heavy atom. The molecule has 0 atom stereocenters. The van der Waals surface area contributed by atoms with E-state index in [2.05, 4.69) is 13.8 Å². The van der Waals surface area contributed by atoms with Gasteiger partial charge >= 0.3 is 0 Å². The fourth-order valence-electron chi connectivity index (χ4n) is 1.44. The van der Waals surface area contributed by atoms with Crippen LogP contribution in [0.1, 0.15) is 26.7 Å². The van der Waals surface area contributed by atoms with Crippen molar-refractivity contribution in [1.82, 2.24) is 0 Å². The van der Waals surface area contributed by atoms with Gasteiger partial charge in [0.15, 0.2) is 0 Å². The van der Waals surface area contributed by atoms with E-state index in [0.29, 0.717) is 37.0 Å². The fraction of sp³-hybridized carbons (Fsp3) is 0.571. The Hall–Kier alpha value is -1.42. The second-order valence-electron chi connectivity index (χ2n) is 3.98. The summed E-state index contributed by atoms with van der Waals surface area (Å²) in [5.74, 6) is 1.34. The third kappa shape index (κ3) is 4.84. The molecule has 0 amide bonds. The SMILES string of the molecule is CCCOCCOc1cccc(OCCC)c1N. The molecule has 102 valence electrons. The van der Waals surface area contributed by atoms with Crippen LogP contribution in [0.4, 0.5) is 5.69 Å². The third-order valence-corrected chi connectivity index (χ3v) is 2.32. The summed E-state index contributed by atoms with van der Waals surface area (Å²) >= 11 is 0. The lowest BCUT2D eigenvalue weighted by Gasteiger charge is -2.13. The molecule has 0 bridgehead atoms. The van der Waals surface area contributed by atoms with Gasteiger partial charge in [0.1, 0.15) is 23.8 Å². The lowest BCUT2D eigenvalue weighted by molar-refractivity contribution is 0.101. The van der Waals surface area contributed by atoms with E-state index in [9.17, 15) is 0 Å². The van der Waals surface area contributed by atoms with Crippen molar-refractivity contribution >= 4 is 5.69 Å². The topological polar surface area (TPSA) is 53.7 Å². The van der Waals surface area contributed by atoms with Gasteiger partial charge in [-0.1, -0.05) is 19.9 Å². The summed E-state index contributed by atoms with van der Waals surface area (Å²) in [5, 5.41) is 0. The molecule has 0 aliphatic rings. The molecule has 0 fully saturated rings. The van der Waals surface area contributed by atoms with E-state index in [4.69, 9.17) is 19.9 Å². The molecule has 0 saturated carbocycles. The van der Waals surface area contributed by atoms with Crippen LogP contribution in [0.15, 0.2) is 18.2 Å². The first-order valence-corrected chi connectivity index (χ1v) is 6.51. The van der Waals surface area contributed by atoms with Crippen LogP contribution in [0, 0.1) is 0 Å². The van der Waals surface area contributed by atoms with Gasteiger partial charge in [-0.3, -0.25) is 0 Å². The van der Waals surface area contributed by atoms with Crippen LogP contribution >= 0.6 is 0 Å². The van der Waals surface area contributed by atoms with Crippen molar-refractivity contribution in [2.45, 2.75) is 26.7 Å². The lowest BCUT2D eigenvalue weighted by Crippen LogP contribution is -2.09. The van der Waals surface area contributed by atoms with Crippen molar-refractivity contribution in [2.75, 3.05) is 32.2 Å². The number of nitrogens with two attached hydrogens (primary N) is 1. The van der Waals surface area contributed by atoms with Crippen molar-refractivity contribution in [2.24, 2.45) is 0 Å². The maximum Gasteiger partial charge on any atom is 0.146 e. The van der Waals surface area contributed by atoms with Gasteiger partial charge in [-0.25, -0.2) is 0 Å².